The van der Waals surface area contributed by atoms with E-state index >= 15 is 0 Å². The summed E-state index contributed by atoms with van der Waals surface area (Å²) >= 11 is 0. The maximum absolute atomic E-state index is 12.6. The number of hydrogen-bond donors (Lipinski definition) is 1. The van der Waals surface area contributed by atoms with Crippen molar-refractivity contribution in [3.8, 4) is 5.75 Å². The smallest absolute Gasteiger partial charge is 0.253 e. The number of hydrogen-bond acceptors (Lipinski definition) is 3. The summed E-state index contributed by atoms with van der Waals surface area (Å²) in [5.74, 6) is 1.35. The lowest BCUT2D eigenvalue weighted by atomic mass is 9.93. The Kier molecular flexibility index (Phi) is 4.65. The third kappa shape index (κ3) is 2.96. The van der Waals surface area contributed by atoms with Crippen molar-refractivity contribution in [2.75, 3.05) is 27.2 Å². The van der Waals surface area contributed by atoms with Crippen LogP contribution >= 0.6 is 0 Å². The van der Waals surface area contributed by atoms with Crippen molar-refractivity contribution in [3.63, 3.8) is 0 Å². The van der Waals surface area contributed by atoms with Crippen LogP contribution < -0.4 is 10.1 Å². The fourth-order valence-electron chi connectivity index (χ4n) is 2.89. The van der Waals surface area contributed by atoms with Gasteiger partial charge in [-0.15, -0.1) is 0 Å². The highest BCUT2D eigenvalue weighted by atomic mass is 16.5. The number of nitrogens with one attached hydrogen (secondary N) is 1. The summed E-state index contributed by atoms with van der Waals surface area (Å²) in [5.41, 5.74) is 1.76. The van der Waals surface area contributed by atoms with E-state index in [1.54, 1.807) is 7.11 Å². The highest BCUT2D eigenvalue weighted by Crippen LogP contribution is 2.22. The van der Waals surface area contributed by atoms with Crippen molar-refractivity contribution in [2.45, 2.75) is 26.3 Å². The molecule has 2 rings (SSSR count). The minimum absolute atomic E-state index is 0.102. The van der Waals surface area contributed by atoms with E-state index in [1.165, 1.54) is 0 Å². The van der Waals surface area contributed by atoms with Crippen LogP contribution in [0, 0.1) is 12.8 Å². The average molecular weight is 276 g/mol. The summed E-state index contributed by atoms with van der Waals surface area (Å²) in [6.45, 7) is 5.79. The maximum atomic E-state index is 12.6. The van der Waals surface area contributed by atoms with Crippen LogP contribution in [0.15, 0.2) is 18.2 Å². The molecule has 2 atom stereocenters. The summed E-state index contributed by atoms with van der Waals surface area (Å²) in [5, 5.41) is 3.32. The summed E-state index contributed by atoms with van der Waals surface area (Å²) in [6, 6.07) is 6.17. The largest absolute Gasteiger partial charge is 0.496 e. The third-order valence-electron chi connectivity index (χ3n) is 4.22. The van der Waals surface area contributed by atoms with E-state index in [9.17, 15) is 4.79 Å². The summed E-state index contributed by atoms with van der Waals surface area (Å²) in [7, 11) is 3.63. The van der Waals surface area contributed by atoms with Gasteiger partial charge in [0.1, 0.15) is 5.75 Å². The van der Waals surface area contributed by atoms with E-state index in [0.717, 1.165) is 30.8 Å². The molecule has 0 aromatic heterocycles. The molecular formula is C16H24N2O2. The molecule has 0 bridgehead atoms. The second-order valence-electron chi connectivity index (χ2n) is 5.60. The van der Waals surface area contributed by atoms with Crippen LogP contribution in [0.3, 0.4) is 0 Å². The number of nitrogens with zero attached hydrogens (tertiary/aromatic N) is 1. The quantitative estimate of drug-likeness (QED) is 0.919. The number of methoxy groups -OCH3 is 1. The Hall–Kier alpha value is -1.55. The molecule has 1 aromatic carbocycles. The van der Waals surface area contributed by atoms with Gasteiger partial charge in [-0.25, -0.2) is 0 Å². The third-order valence-corrected chi connectivity index (χ3v) is 4.22. The molecule has 1 saturated heterocycles. The SMILES string of the molecule is CNC1CCN(C(=O)c2ccc(C)c(OC)c2)CC1C. The van der Waals surface area contributed by atoms with Gasteiger partial charge in [-0.05, 0) is 44.0 Å². The van der Waals surface area contributed by atoms with E-state index in [0.29, 0.717) is 17.5 Å². The normalized spacial score (nSPS) is 22.7. The number of piperidine rings is 1. The van der Waals surface area contributed by atoms with Crippen LogP contribution in [0.5, 0.6) is 5.75 Å². The number of ether oxygens (including phenoxy) is 1. The molecule has 0 saturated carbocycles. The molecular weight excluding hydrogens is 252 g/mol. The number of aryl methyl sites for hydroxylation is 1. The lowest BCUT2D eigenvalue weighted by Gasteiger charge is -2.36. The molecule has 0 aliphatic carbocycles. The van der Waals surface area contributed by atoms with E-state index in [4.69, 9.17) is 4.74 Å². The first-order chi connectivity index (χ1) is 9.56. The second kappa shape index (κ2) is 6.27. The van der Waals surface area contributed by atoms with Crippen LogP contribution in [-0.2, 0) is 0 Å². The number of benzene rings is 1. The van der Waals surface area contributed by atoms with Gasteiger partial charge in [0.2, 0.25) is 0 Å². The van der Waals surface area contributed by atoms with E-state index in [1.807, 2.05) is 37.1 Å². The molecule has 0 spiro atoms. The van der Waals surface area contributed by atoms with E-state index in [2.05, 4.69) is 12.2 Å². The molecule has 2 unspecified atom stereocenters. The first kappa shape index (κ1) is 14.9. The van der Waals surface area contributed by atoms with Gasteiger partial charge in [0.25, 0.3) is 5.91 Å². The predicted octanol–water partition coefficient (Wildman–Crippen LogP) is 2.07. The fourth-order valence-corrected chi connectivity index (χ4v) is 2.89. The number of carbonyl (C=O) groups excluding carboxylic acids is 1. The van der Waals surface area contributed by atoms with Gasteiger partial charge in [0.05, 0.1) is 7.11 Å². The van der Waals surface area contributed by atoms with Crippen molar-refractivity contribution in [1.82, 2.24) is 10.2 Å². The summed E-state index contributed by atoms with van der Waals surface area (Å²) < 4.78 is 5.30. The lowest BCUT2D eigenvalue weighted by molar-refractivity contribution is 0.0649. The molecule has 0 radical (unpaired) electrons. The lowest BCUT2D eigenvalue weighted by Crippen LogP contribution is -2.49. The van der Waals surface area contributed by atoms with Gasteiger partial charge in [0.15, 0.2) is 0 Å². The highest BCUT2D eigenvalue weighted by Gasteiger charge is 2.28. The van der Waals surface area contributed by atoms with Crippen molar-refractivity contribution in [1.29, 1.82) is 0 Å². The van der Waals surface area contributed by atoms with E-state index < -0.39 is 0 Å². The zero-order chi connectivity index (χ0) is 14.7. The number of amides is 1. The first-order valence-corrected chi connectivity index (χ1v) is 7.18. The number of rotatable bonds is 3. The highest BCUT2D eigenvalue weighted by molar-refractivity contribution is 5.94. The Balaban J connectivity index is 2.12. The average Bonchev–Trinajstić information content (AvgIpc) is 2.47. The Bertz CT molecular complexity index is 487. The molecule has 4 heteroatoms. The molecule has 1 aliphatic rings. The van der Waals surface area contributed by atoms with Gasteiger partial charge in [-0.3, -0.25) is 4.79 Å². The van der Waals surface area contributed by atoms with Crippen molar-refractivity contribution in [3.05, 3.63) is 29.3 Å². The zero-order valence-electron chi connectivity index (χ0n) is 12.8. The molecule has 1 aliphatic heterocycles. The van der Waals surface area contributed by atoms with Crippen LogP contribution in [0.1, 0.15) is 29.3 Å². The summed E-state index contributed by atoms with van der Waals surface area (Å²) in [6.07, 6.45) is 1.01. The molecule has 1 fully saturated rings. The molecule has 4 nitrogen and oxygen atoms in total. The molecule has 110 valence electrons. The molecule has 1 amide bonds. The first-order valence-electron chi connectivity index (χ1n) is 7.18. The van der Waals surface area contributed by atoms with Gasteiger partial charge in [0, 0.05) is 24.7 Å². The van der Waals surface area contributed by atoms with Crippen LogP contribution in [-0.4, -0.2) is 44.1 Å². The maximum Gasteiger partial charge on any atom is 0.253 e. The van der Waals surface area contributed by atoms with Gasteiger partial charge >= 0.3 is 0 Å². The van der Waals surface area contributed by atoms with Crippen LogP contribution in [0.25, 0.3) is 0 Å². The Morgan fingerprint density at radius 2 is 2.20 bits per heavy atom. The van der Waals surface area contributed by atoms with Crippen molar-refractivity contribution >= 4 is 5.91 Å². The van der Waals surface area contributed by atoms with E-state index in [-0.39, 0.29) is 5.91 Å². The van der Waals surface area contributed by atoms with Gasteiger partial charge in [-0.2, -0.15) is 0 Å². The Morgan fingerprint density at radius 1 is 1.45 bits per heavy atom. The van der Waals surface area contributed by atoms with Crippen molar-refractivity contribution in [2.24, 2.45) is 5.92 Å². The molecule has 1 heterocycles. The van der Waals surface area contributed by atoms with Crippen LogP contribution in [0.2, 0.25) is 0 Å². The van der Waals surface area contributed by atoms with Gasteiger partial charge in [-0.1, -0.05) is 13.0 Å². The fraction of sp³-hybridized carbons (Fsp3) is 0.562. The minimum atomic E-state index is 0.102. The zero-order valence-corrected chi connectivity index (χ0v) is 12.8. The summed E-state index contributed by atoms with van der Waals surface area (Å²) in [4.78, 5) is 14.5. The standard InChI is InChI=1S/C16H24N2O2/c1-11-5-6-13(9-15(11)20-4)16(19)18-8-7-14(17-3)12(2)10-18/h5-6,9,12,14,17H,7-8,10H2,1-4H3. The Labute approximate surface area is 121 Å². The molecule has 20 heavy (non-hydrogen) atoms. The second-order valence-corrected chi connectivity index (χ2v) is 5.60. The monoisotopic (exact) mass is 276 g/mol. The van der Waals surface area contributed by atoms with Crippen LogP contribution in [0.4, 0.5) is 0 Å². The van der Waals surface area contributed by atoms with Crippen molar-refractivity contribution < 1.29 is 9.53 Å². The number of carbonyl (C=O) groups is 1. The minimum Gasteiger partial charge on any atom is -0.496 e. The number of likely N-dealkylation sites (tertiary alicyclic amines) is 1. The Morgan fingerprint density at radius 3 is 2.80 bits per heavy atom. The topological polar surface area (TPSA) is 41.6 Å². The molecule has 1 N–H and O–H groups in total. The molecule has 1 aromatic rings. The predicted molar refractivity (Wildman–Crippen MR) is 80.3 cm³/mol. The van der Waals surface area contributed by atoms with Gasteiger partial charge < -0.3 is 15.0 Å².